The molecule has 114 valence electrons. The maximum atomic E-state index is 12.4. The van der Waals surface area contributed by atoms with Crippen LogP contribution in [0.1, 0.15) is 20.8 Å². The molecule has 0 unspecified atom stereocenters. The zero-order valence-corrected chi connectivity index (χ0v) is 14.1. The Morgan fingerprint density at radius 2 is 1.95 bits per heavy atom. The predicted octanol–water partition coefficient (Wildman–Crippen LogP) is 2.75. The fourth-order valence-electron chi connectivity index (χ4n) is 1.74. The molecule has 0 spiro atoms. The van der Waals surface area contributed by atoms with Gasteiger partial charge in [-0.25, -0.2) is 13.4 Å². The topological polar surface area (TPSA) is 76.1 Å². The number of halogens is 1. The third-order valence-electron chi connectivity index (χ3n) is 2.87. The molecule has 0 aliphatic heterocycles. The lowest BCUT2D eigenvalue weighted by Crippen LogP contribution is -2.47. The van der Waals surface area contributed by atoms with Crippen LogP contribution in [0.25, 0.3) is 10.2 Å². The summed E-state index contributed by atoms with van der Waals surface area (Å²) in [6.45, 7) is 5.20. The molecule has 1 N–H and O–H groups in total. The molecule has 0 fully saturated rings. The second kappa shape index (κ2) is 5.64. The molecule has 8 heteroatoms. The van der Waals surface area contributed by atoms with Crippen LogP contribution >= 0.6 is 22.9 Å². The maximum Gasteiger partial charge on any atom is 0.268 e. The second-order valence-corrected chi connectivity index (χ2v) is 8.96. The Morgan fingerprint density at radius 1 is 1.33 bits per heavy atom. The molecule has 0 aliphatic carbocycles. The van der Waals surface area contributed by atoms with Gasteiger partial charge < -0.3 is 0 Å². The molecule has 1 atom stereocenters. The summed E-state index contributed by atoms with van der Waals surface area (Å²) in [6.07, 6.45) is 0. The van der Waals surface area contributed by atoms with Crippen molar-refractivity contribution >= 4 is 48.4 Å². The first-order valence-corrected chi connectivity index (χ1v) is 8.86. The normalized spacial score (nSPS) is 14.3. The molecule has 1 heterocycles. The number of hydrogen-bond acceptors (Lipinski definition) is 5. The number of aromatic nitrogens is 1. The lowest BCUT2D eigenvalue weighted by Gasteiger charge is -2.27. The predicted molar refractivity (Wildman–Crippen MR) is 84.0 cm³/mol. The van der Waals surface area contributed by atoms with Gasteiger partial charge in [-0.15, -0.1) is 11.3 Å². The number of rotatable bonds is 4. The first-order chi connectivity index (χ1) is 9.61. The van der Waals surface area contributed by atoms with Crippen LogP contribution in [0.15, 0.2) is 28.6 Å². The third kappa shape index (κ3) is 3.60. The van der Waals surface area contributed by atoms with Crippen LogP contribution in [-0.2, 0) is 14.8 Å². The van der Waals surface area contributed by atoms with E-state index >= 15 is 0 Å². The Bertz CT molecular complexity index is 745. The minimum Gasteiger partial charge on any atom is -0.279 e. The summed E-state index contributed by atoms with van der Waals surface area (Å²) >= 11 is 6.57. The molecule has 0 aliphatic rings. The molecular weight excluding hydrogens is 332 g/mol. The number of thiazole rings is 1. The van der Waals surface area contributed by atoms with Gasteiger partial charge in [0, 0.05) is 0 Å². The van der Waals surface area contributed by atoms with Crippen molar-refractivity contribution in [2.75, 3.05) is 0 Å². The van der Waals surface area contributed by atoms with E-state index in [9.17, 15) is 13.2 Å². The molecule has 0 saturated carbocycles. The van der Waals surface area contributed by atoms with Crippen LogP contribution in [-0.4, -0.2) is 24.7 Å². The minimum absolute atomic E-state index is 0.0733. The van der Waals surface area contributed by atoms with Crippen molar-refractivity contribution in [1.82, 2.24) is 9.71 Å². The number of hydrogen-bond donors (Lipinski definition) is 1. The average molecular weight is 347 g/mol. The van der Waals surface area contributed by atoms with Gasteiger partial charge >= 0.3 is 0 Å². The van der Waals surface area contributed by atoms with Crippen LogP contribution in [0.5, 0.6) is 0 Å². The van der Waals surface area contributed by atoms with Crippen molar-refractivity contribution in [1.29, 1.82) is 0 Å². The Kier molecular flexibility index (Phi) is 4.39. The highest BCUT2D eigenvalue weighted by Gasteiger charge is 2.35. The fraction of sp³-hybridized carbons (Fsp3) is 0.385. The lowest BCUT2D eigenvalue weighted by atomic mass is 9.88. The number of benzene rings is 1. The van der Waals surface area contributed by atoms with Crippen LogP contribution in [0.3, 0.4) is 0 Å². The van der Waals surface area contributed by atoms with Gasteiger partial charge in [-0.3, -0.25) is 4.79 Å². The molecule has 2 aromatic rings. The summed E-state index contributed by atoms with van der Waals surface area (Å²) in [5, 5.41) is -0.743. The molecule has 1 aromatic carbocycles. The summed E-state index contributed by atoms with van der Waals surface area (Å²) in [4.78, 5) is 15.6. The Morgan fingerprint density at radius 3 is 2.48 bits per heavy atom. The van der Waals surface area contributed by atoms with Gasteiger partial charge in [-0.05, 0) is 29.1 Å². The maximum absolute atomic E-state index is 12.4. The zero-order valence-electron chi connectivity index (χ0n) is 11.8. The Labute approximate surface area is 132 Å². The molecule has 0 saturated heterocycles. The monoisotopic (exact) mass is 346 g/mol. The molecule has 2 rings (SSSR count). The van der Waals surface area contributed by atoms with Crippen LogP contribution in [0.2, 0.25) is 0 Å². The molecule has 21 heavy (non-hydrogen) atoms. The summed E-state index contributed by atoms with van der Waals surface area (Å²) in [5.41, 5.74) is -0.0323. The summed E-state index contributed by atoms with van der Waals surface area (Å²) in [7, 11) is -3.90. The second-order valence-electron chi connectivity index (χ2n) is 5.67. The van der Waals surface area contributed by atoms with Crippen molar-refractivity contribution in [3.63, 3.8) is 0 Å². The van der Waals surface area contributed by atoms with Gasteiger partial charge in [-0.2, -0.15) is 4.72 Å². The van der Waals surface area contributed by atoms with Gasteiger partial charge in [0.05, 0.1) is 10.2 Å². The Hall–Kier alpha value is -1.02. The van der Waals surface area contributed by atoms with Crippen molar-refractivity contribution in [3.05, 3.63) is 24.3 Å². The van der Waals surface area contributed by atoms with E-state index < -0.39 is 26.7 Å². The van der Waals surface area contributed by atoms with Gasteiger partial charge in [0.2, 0.25) is 9.58 Å². The van der Waals surface area contributed by atoms with E-state index in [2.05, 4.69) is 9.71 Å². The van der Waals surface area contributed by atoms with Crippen LogP contribution in [0, 0.1) is 5.41 Å². The molecule has 0 bridgehead atoms. The molecule has 0 radical (unpaired) electrons. The quantitative estimate of drug-likeness (QED) is 0.863. The first-order valence-electron chi connectivity index (χ1n) is 6.18. The number of para-hydroxylation sites is 1. The summed E-state index contributed by atoms with van der Waals surface area (Å²) in [5.74, 6) is 0. The number of carbonyl (C=O) groups is 1. The summed E-state index contributed by atoms with van der Waals surface area (Å²) < 4.78 is 27.8. The van der Waals surface area contributed by atoms with E-state index in [4.69, 9.17) is 11.6 Å². The smallest absolute Gasteiger partial charge is 0.268 e. The van der Waals surface area contributed by atoms with Gasteiger partial charge in [-0.1, -0.05) is 32.9 Å². The first kappa shape index (κ1) is 16.4. The highest BCUT2D eigenvalue weighted by atomic mass is 35.5. The molecule has 5 nitrogen and oxygen atoms in total. The largest absolute Gasteiger partial charge is 0.279 e. The fourth-order valence-corrected chi connectivity index (χ4v) is 4.82. The van der Waals surface area contributed by atoms with Gasteiger partial charge in [0.25, 0.3) is 10.0 Å². The number of sulfonamides is 1. The van der Waals surface area contributed by atoms with E-state index in [1.54, 1.807) is 39.0 Å². The van der Waals surface area contributed by atoms with Crippen molar-refractivity contribution in [3.8, 4) is 0 Å². The highest BCUT2D eigenvalue weighted by Crippen LogP contribution is 2.27. The standard InChI is InChI=1S/C13H15ClN2O3S2/c1-13(2,3)10(11(14)17)16-21(18,19)12-15-8-6-4-5-7-9(8)20-12/h4-7,10,16H,1-3H3/t10-/m1/s1. The van der Waals surface area contributed by atoms with E-state index in [-0.39, 0.29) is 4.34 Å². The number of fused-ring (bicyclic) bond motifs is 1. The van der Waals surface area contributed by atoms with E-state index in [1.807, 2.05) is 6.07 Å². The summed E-state index contributed by atoms with van der Waals surface area (Å²) in [6, 6.07) is 6.10. The lowest BCUT2D eigenvalue weighted by molar-refractivity contribution is -0.115. The molecule has 1 aromatic heterocycles. The number of nitrogens with one attached hydrogen (secondary N) is 1. The van der Waals surface area contributed by atoms with Gasteiger partial charge in [0.1, 0.15) is 6.04 Å². The SMILES string of the molecule is CC(C)(C)[C@H](NS(=O)(=O)c1nc2ccccc2s1)C(=O)Cl. The molecule has 0 amide bonds. The third-order valence-corrected chi connectivity index (χ3v) is 5.92. The van der Waals surface area contributed by atoms with Crippen molar-refractivity contribution in [2.45, 2.75) is 31.2 Å². The number of carbonyl (C=O) groups excluding carboxylic acids is 1. The minimum atomic E-state index is -3.90. The average Bonchev–Trinajstić information content (AvgIpc) is 2.79. The van der Waals surface area contributed by atoms with E-state index in [0.717, 1.165) is 16.0 Å². The van der Waals surface area contributed by atoms with Crippen molar-refractivity contribution < 1.29 is 13.2 Å². The molecular formula is C13H15ClN2O3S2. The van der Waals surface area contributed by atoms with Gasteiger partial charge in [0.15, 0.2) is 0 Å². The highest BCUT2D eigenvalue weighted by molar-refractivity contribution is 7.91. The van der Waals surface area contributed by atoms with E-state index in [1.165, 1.54) is 0 Å². The number of nitrogens with zero attached hydrogens (tertiary/aromatic N) is 1. The zero-order chi connectivity index (χ0) is 15.8. The van der Waals surface area contributed by atoms with Crippen LogP contribution < -0.4 is 4.72 Å². The van der Waals surface area contributed by atoms with E-state index in [0.29, 0.717) is 5.52 Å². The Balaban J connectivity index is 2.39. The van der Waals surface area contributed by atoms with Crippen molar-refractivity contribution in [2.24, 2.45) is 5.41 Å². The van der Waals surface area contributed by atoms with Crippen LogP contribution in [0.4, 0.5) is 0 Å².